The standard InChI is InChI=1S/C16H23N5O.ClH/c1-16(2,11-17)12-20(3)15(22)14-10-21(19-18-14)9-13-7-5-4-6-8-13;/h4-8,10H,9,11-12,17H2,1-3H3;1H. The summed E-state index contributed by atoms with van der Waals surface area (Å²) in [7, 11) is 1.76. The van der Waals surface area contributed by atoms with Gasteiger partial charge >= 0.3 is 0 Å². The Morgan fingerprint density at radius 3 is 2.57 bits per heavy atom. The molecule has 1 aromatic heterocycles. The molecule has 2 rings (SSSR count). The first-order valence-electron chi connectivity index (χ1n) is 7.31. The van der Waals surface area contributed by atoms with Gasteiger partial charge in [-0.25, -0.2) is 4.68 Å². The van der Waals surface area contributed by atoms with Gasteiger partial charge < -0.3 is 10.6 Å². The first kappa shape index (κ1) is 19.1. The fourth-order valence-corrected chi connectivity index (χ4v) is 2.22. The SMILES string of the molecule is CN(CC(C)(C)CN)C(=O)c1cn(Cc2ccccc2)nn1.Cl. The van der Waals surface area contributed by atoms with Crippen LogP contribution in [0.5, 0.6) is 0 Å². The van der Waals surface area contributed by atoms with E-state index in [1.165, 1.54) is 0 Å². The molecule has 7 heteroatoms. The smallest absolute Gasteiger partial charge is 0.275 e. The summed E-state index contributed by atoms with van der Waals surface area (Å²) >= 11 is 0. The van der Waals surface area contributed by atoms with E-state index in [1.54, 1.807) is 22.8 Å². The van der Waals surface area contributed by atoms with E-state index in [0.717, 1.165) is 5.56 Å². The number of carbonyl (C=O) groups is 1. The van der Waals surface area contributed by atoms with Crippen molar-refractivity contribution in [3.8, 4) is 0 Å². The van der Waals surface area contributed by atoms with Crippen molar-refractivity contribution >= 4 is 18.3 Å². The third-order valence-electron chi connectivity index (χ3n) is 3.51. The van der Waals surface area contributed by atoms with Crippen LogP contribution in [0.4, 0.5) is 0 Å². The Bertz CT molecular complexity index is 626. The highest BCUT2D eigenvalue weighted by atomic mass is 35.5. The maximum absolute atomic E-state index is 12.4. The van der Waals surface area contributed by atoms with Gasteiger partial charge in [0.1, 0.15) is 0 Å². The maximum atomic E-state index is 12.4. The molecule has 2 aromatic rings. The maximum Gasteiger partial charge on any atom is 0.275 e. The molecule has 0 aliphatic carbocycles. The van der Waals surface area contributed by atoms with Crippen LogP contribution in [-0.4, -0.2) is 45.9 Å². The first-order chi connectivity index (χ1) is 10.4. The zero-order valence-electron chi connectivity index (χ0n) is 13.8. The van der Waals surface area contributed by atoms with Crippen molar-refractivity contribution in [2.75, 3.05) is 20.1 Å². The lowest BCUT2D eigenvalue weighted by Gasteiger charge is -2.28. The highest BCUT2D eigenvalue weighted by Crippen LogP contribution is 2.15. The van der Waals surface area contributed by atoms with Gasteiger partial charge in [0.05, 0.1) is 12.7 Å². The molecule has 0 atom stereocenters. The minimum atomic E-state index is -0.138. The molecule has 126 valence electrons. The molecule has 0 aliphatic rings. The van der Waals surface area contributed by atoms with Crippen molar-refractivity contribution < 1.29 is 4.79 Å². The predicted molar refractivity (Wildman–Crippen MR) is 92.6 cm³/mol. The van der Waals surface area contributed by atoms with Gasteiger partial charge in [-0.1, -0.05) is 49.4 Å². The summed E-state index contributed by atoms with van der Waals surface area (Å²) in [5.74, 6) is -0.138. The molecule has 0 radical (unpaired) electrons. The zero-order valence-corrected chi connectivity index (χ0v) is 14.6. The quantitative estimate of drug-likeness (QED) is 0.872. The van der Waals surface area contributed by atoms with Crippen molar-refractivity contribution in [1.82, 2.24) is 19.9 Å². The third-order valence-corrected chi connectivity index (χ3v) is 3.51. The van der Waals surface area contributed by atoms with E-state index >= 15 is 0 Å². The summed E-state index contributed by atoms with van der Waals surface area (Å²) in [6, 6.07) is 9.94. The first-order valence-corrected chi connectivity index (χ1v) is 7.31. The molecule has 0 fully saturated rings. The van der Waals surface area contributed by atoms with Gasteiger partial charge in [0, 0.05) is 13.6 Å². The summed E-state index contributed by atoms with van der Waals surface area (Å²) in [6.07, 6.45) is 1.68. The molecular formula is C16H24ClN5O. The van der Waals surface area contributed by atoms with E-state index in [0.29, 0.717) is 25.3 Å². The van der Waals surface area contributed by atoms with Crippen molar-refractivity contribution in [3.63, 3.8) is 0 Å². The summed E-state index contributed by atoms with van der Waals surface area (Å²) < 4.78 is 1.67. The summed E-state index contributed by atoms with van der Waals surface area (Å²) in [5, 5.41) is 8.01. The van der Waals surface area contributed by atoms with Crippen LogP contribution in [0.25, 0.3) is 0 Å². The number of benzene rings is 1. The molecule has 0 aliphatic heterocycles. The number of hydrogen-bond donors (Lipinski definition) is 1. The van der Waals surface area contributed by atoms with Gasteiger partial charge in [-0.3, -0.25) is 4.79 Å². The summed E-state index contributed by atoms with van der Waals surface area (Å²) in [6.45, 7) is 5.75. The average molecular weight is 338 g/mol. The average Bonchev–Trinajstić information content (AvgIpc) is 2.95. The number of amides is 1. The van der Waals surface area contributed by atoms with Crippen LogP contribution >= 0.6 is 12.4 Å². The second kappa shape index (κ2) is 8.08. The minimum Gasteiger partial charge on any atom is -0.340 e. The Balaban J connectivity index is 0.00000264. The molecule has 1 amide bonds. The van der Waals surface area contributed by atoms with Crippen molar-refractivity contribution in [1.29, 1.82) is 0 Å². The number of nitrogens with zero attached hydrogens (tertiary/aromatic N) is 4. The number of aromatic nitrogens is 3. The molecule has 2 N–H and O–H groups in total. The van der Waals surface area contributed by atoms with Gasteiger partial charge in [0.15, 0.2) is 5.69 Å². The van der Waals surface area contributed by atoms with E-state index in [-0.39, 0.29) is 23.7 Å². The number of halogens is 1. The second-order valence-electron chi connectivity index (χ2n) is 6.32. The molecule has 1 heterocycles. The number of rotatable bonds is 6. The largest absolute Gasteiger partial charge is 0.340 e. The van der Waals surface area contributed by atoms with Gasteiger partial charge in [-0.05, 0) is 17.5 Å². The van der Waals surface area contributed by atoms with Crippen LogP contribution in [0.3, 0.4) is 0 Å². The van der Waals surface area contributed by atoms with Gasteiger partial charge in [0.2, 0.25) is 0 Å². The molecule has 0 spiro atoms. The second-order valence-corrected chi connectivity index (χ2v) is 6.32. The Labute approximate surface area is 143 Å². The van der Waals surface area contributed by atoms with E-state index in [1.807, 2.05) is 44.2 Å². The zero-order chi connectivity index (χ0) is 16.2. The Hall–Kier alpha value is -1.92. The summed E-state index contributed by atoms with van der Waals surface area (Å²) in [5.41, 5.74) is 7.06. The van der Waals surface area contributed by atoms with Crippen molar-refractivity contribution in [2.45, 2.75) is 20.4 Å². The van der Waals surface area contributed by atoms with E-state index in [2.05, 4.69) is 10.3 Å². The number of hydrogen-bond acceptors (Lipinski definition) is 4. The molecule has 0 saturated heterocycles. The lowest BCUT2D eigenvalue weighted by atomic mass is 9.93. The molecule has 0 unspecified atom stereocenters. The molecular weight excluding hydrogens is 314 g/mol. The monoisotopic (exact) mass is 337 g/mol. The molecule has 23 heavy (non-hydrogen) atoms. The Morgan fingerprint density at radius 2 is 1.96 bits per heavy atom. The topological polar surface area (TPSA) is 77.0 Å². The van der Waals surface area contributed by atoms with Crippen molar-refractivity contribution in [2.24, 2.45) is 11.1 Å². The van der Waals surface area contributed by atoms with Crippen LogP contribution in [-0.2, 0) is 6.54 Å². The van der Waals surface area contributed by atoms with E-state index in [9.17, 15) is 4.79 Å². The molecule has 0 bridgehead atoms. The fraction of sp³-hybridized carbons (Fsp3) is 0.438. The predicted octanol–water partition coefficient (Wildman–Crippen LogP) is 1.81. The highest BCUT2D eigenvalue weighted by Gasteiger charge is 2.23. The van der Waals surface area contributed by atoms with Crippen molar-refractivity contribution in [3.05, 3.63) is 47.8 Å². The Kier molecular flexibility index (Phi) is 6.72. The van der Waals surface area contributed by atoms with Crippen LogP contribution in [0.1, 0.15) is 29.9 Å². The lowest BCUT2D eigenvalue weighted by molar-refractivity contribution is 0.0734. The van der Waals surface area contributed by atoms with Gasteiger partial charge in [0.25, 0.3) is 5.91 Å². The highest BCUT2D eigenvalue weighted by molar-refractivity contribution is 5.91. The Morgan fingerprint density at radius 1 is 1.30 bits per heavy atom. The van der Waals surface area contributed by atoms with E-state index < -0.39 is 0 Å². The van der Waals surface area contributed by atoms with Crippen LogP contribution in [0, 0.1) is 5.41 Å². The number of nitrogens with two attached hydrogens (primary N) is 1. The summed E-state index contributed by atoms with van der Waals surface area (Å²) in [4.78, 5) is 14.0. The third kappa shape index (κ3) is 5.33. The van der Waals surface area contributed by atoms with E-state index in [4.69, 9.17) is 5.73 Å². The van der Waals surface area contributed by atoms with Crippen LogP contribution in [0.15, 0.2) is 36.5 Å². The van der Waals surface area contributed by atoms with Crippen LogP contribution in [0.2, 0.25) is 0 Å². The number of carbonyl (C=O) groups excluding carboxylic acids is 1. The molecule has 6 nitrogen and oxygen atoms in total. The van der Waals surface area contributed by atoms with Crippen LogP contribution < -0.4 is 5.73 Å². The van der Waals surface area contributed by atoms with Gasteiger partial charge in [-0.2, -0.15) is 0 Å². The van der Waals surface area contributed by atoms with Gasteiger partial charge in [-0.15, -0.1) is 17.5 Å². The molecule has 1 aromatic carbocycles. The lowest BCUT2D eigenvalue weighted by Crippen LogP contribution is -2.39. The normalized spacial score (nSPS) is 11.0. The molecule has 0 saturated carbocycles. The minimum absolute atomic E-state index is 0. The fourth-order valence-electron chi connectivity index (χ4n) is 2.22.